The van der Waals surface area contributed by atoms with E-state index in [9.17, 15) is 0 Å². The molecule has 0 radical (unpaired) electrons. The molecule has 1 aromatic rings. The SMILES string of the molecule is COc1ccc(CN(C)CC#N)cc1C(C)C. The fourth-order valence-corrected chi connectivity index (χ4v) is 1.82. The van der Waals surface area contributed by atoms with Gasteiger partial charge in [-0.25, -0.2) is 0 Å². The molecular weight excluding hydrogens is 212 g/mol. The van der Waals surface area contributed by atoms with Crippen molar-refractivity contribution in [3.63, 3.8) is 0 Å². The van der Waals surface area contributed by atoms with Crippen LogP contribution in [0.2, 0.25) is 0 Å². The molecule has 0 atom stereocenters. The lowest BCUT2D eigenvalue weighted by Crippen LogP contribution is -2.17. The summed E-state index contributed by atoms with van der Waals surface area (Å²) in [5.74, 6) is 1.37. The Morgan fingerprint density at radius 3 is 2.65 bits per heavy atom. The Labute approximate surface area is 104 Å². The van der Waals surface area contributed by atoms with Crippen LogP contribution in [0, 0.1) is 11.3 Å². The third kappa shape index (κ3) is 3.76. The van der Waals surface area contributed by atoms with Crippen molar-refractivity contribution in [2.75, 3.05) is 20.7 Å². The van der Waals surface area contributed by atoms with E-state index in [-0.39, 0.29) is 0 Å². The molecule has 0 saturated carbocycles. The van der Waals surface area contributed by atoms with Crippen LogP contribution in [-0.4, -0.2) is 25.6 Å². The first kappa shape index (κ1) is 13.5. The maximum atomic E-state index is 8.63. The van der Waals surface area contributed by atoms with Gasteiger partial charge in [-0.3, -0.25) is 4.90 Å². The fourth-order valence-electron chi connectivity index (χ4n) is 1.82. The highest BCUT2D eigenvalue weighted by Gasteiger charge is 2.09. The first-order valence-electron chi connectivity index (χ1n) is 5.80. The Kier molecular flexibility index (Phi) is 4.99. The van der Waals surface area contributed by atoms with Crippen molar-refractivity contribution < 1.29 is 4.74 Å². The molecule has 0 N–H and O–H groups in total. The Bertz CT molecular complexity index is 407. The van der Waals surface area contributed by atoms with E-state index in [1.807, 2.05) is 18.0 Å². The van der Waals surface area contributed by atoms with Crippen molar-refractivity contribution in [3.05, 3.63) is 29.3 Å². The van der Waals surface area contributed by atoms with Crippen molar-refractivity contribution in [3.8, 4) is 11.8 Å². The van der Waals surface area contributed by atoms with Gasteiger partial charge in [-0.2, -0.15) is 5.26 Å². The summed E-state index contributed by atoms with van der Waals surface area (Å²) in [5.41, 5.74) is 2.43. The van der Waals surface area contributed by atoms with Crippen LogP contribution in [0.25, 0.3) is 0 Å². The maximum absolute atomic E-state index is 8.63. The van der Waals surface area contributed by atoms with Crippen LogP contribution in [0.4, 0.5) is 0 Å². The Hall–Kier alpha value is -1.53. The molecule has 0 amide bonds. The average Bonchev–Trinajstić information content (AvgIpc) is 2.29. The molecular formula is C14H20N2O. The van der Waals surface area contributed by atoms with Gasteiger partial charge in [0, 0.05) is 6.54 Å². The van der Waals surface area contributed by atoms with Crippen LogP contribution in [-0.2, 0) is 6.54 Å². The van der Waals surface area contributed by atoms with E-state index in [2.05, 4.69) is 32.0 Å². The second-order valence-corrected chi connectivity index (χ2v) is 4.56. The van der Waals surface area contributed by atoms with Gasteiger partial charge in [0.05, 0.1) is 19.7 Å². The molecule has 0 heterocycles. The van der Waals surface area contributed by atoms with Crippen LogP contribution in [0.5, 0.6) is 5.75 Å². The lowest BCUT2D eigenvalue weighted by atomic mass is 9.99. The largest absolute Gasteiger partial charge is 0.496 e. The summed E-state index contributed by atoms with van der Waals surface area (Å²) in [5, 5.41) is 8.63. The van der Waals surface area contributed by atoms with Crippen molar-refractivity contribution in [1.82, 2.24) is 4.90 Å². The minimum absolute atomic E-state index is 0.436. The van der Waals surface area contributed by atoms with Gasteiger partial charge in [-0.15, -0.1) is 0 Å². The first-order valence-corrected chi connectivity index (χ1v) is 5.80. The molecule has 0 aliphatic carbocycles. The Morgan fingerprint density at radius 1 is 1.41 bits per heavy atom. The number of hydrogen-bond donors (Lipinski definition) is 0. The molecule has 3 nitrogen and oxygen atoms in total. The lowest BCUT2D eigenvalue weighted by molar-refractivity contribution is 0.366. The Balaban J connectivity index is 2.89. The normalized spacial score (nSPS) is 10.6. The molecule has 17 heavy (non-hydrogen) atoms. The zero-order chi connectivity index (χ0) is 12.8. The van der Waals surface area contributed by atoms with Gasteiger partial charge in [0.2, 0.25) is 0 Å². The lowest BCUT2D eigenvalue weighted by Gasteiger charge is -2.16. The highest BCUT2D eigenvalue weighted by Crippen LogP contribution is 2.27. The summed E-state index contributed by atoms with van der Waals surface area (Å²) in [6, 6.07) is 8.37. The molecule has 0 fully saturated rings. The number of nitrogens with zero attached hydrogens (tertiary/aromatic N) is 2. The van der Waals surface area contributed by atoms with Crippen molar-refractivity contribution >= 4 is 0 Å². The van der Waals surface area contributed by atoms with Gasteiger partial charge < -0.3 is 4.74 Å². The van der Waals surface area contributed by atoms with Crippen LogP contribution in [0.3, 0.4) is 0 Å². The minimum Gasteiger partial charge on any atom is -0.496 e. The van der Waals surface area contributed by atoms with Crippen LogP contribution < -0.4 is 4.74 Å². The molecule has 0 spiro atoms. The molecule has 0 bridgehead atoms. The quantitative estimate of drug-likeness (QED) is 0.732. The van der Waals surface area contributed by atoms with E-state index in [1.165, 1.54) is 11.1 Å². The van der Waals surface area contributed by atoms with Gasteiger partial charge >= 0.3 is 0 Å². The molecule has 0 aliphatic heterocycles. The molecule has 3 heteroatoms. The summed E-state index contributed by atoms with van der Waals surface area (Å²) >= 11 is 0. The third-order valence-electron chi connectivity index (χ3n) is 2.71. The van der Waals surface area contributed by atoms with Crippen LogP contribution >= 0.6 is 0 Å². The van der Waals surface area contributed by atoms with E-state index < -0.39 is 0 Å². The highest BCUT2D eigenvalue weighted by molar-refractivity contribution is 5.39. The van der Waals surface area contributed by atoms with E-state index in [1.54, 1.807) is 7.11 Å². The number of benzene rings is 1. The van der Waals surface area contributed by atoms with Gasteiger partial charge in [0.15, 0.2) is 0 Å². The summed E-state index contributed by atoms with van der Waals surface area (Å²) < 4.78 is 5.35. The van der Waals surface area contributed by atoms with Gasteiger partial charge in [0.1, 0.15) is 5.75 Å². The van der Waals surface area contributed by atoms with E-state index in [0.29, 0.717) is 12.5 Å². The number of hydrogen-bond acceptors (Lipinski definition) is 3. The molecule has 1 rings (SSSR count). The zero-order valence-corrected chi connectivity index (χ0v) is 11.0. The second kappa shape index (κ2) is 6.27. The van der Waals surface area contributed by atoms with Gasteiger partial charge in [-0.1, -0.05) is 26.0 Å². The predicted molar refractivity (Wildman–Crippen MR) is 69.0 cm³/mol. The minimum atomic E-state index is 0.436. The highest BCUT2D eigenvalue weighted by atomic mass is 16.5. The van der Waals surface area contributed by atoms with E-state index in [0.717, 1.165) is 12.3 Å². The standard InChI is InChI=1S/C14H20N2O/c1-11(2)13-9-12(5-6-14(13)17-4)10-16(3)8-7-15/h5-6,9,11H,8,10H2,1-4H3. The van der Waals surface area contributed by atoms with Crippen molar-refractivity contribution in [2.45, 2.75) is 26.3 Å². The smallest absolute Gasteiger partial charge is 0.122 e. The van der Waals surface area contributed by atoms with Crippen LogP contribution in [0.15, 0.2) is 18.2 Å². The number of methoxy groups -OCH3 is 1. The monoisotopic (exact) mass is 232 g/mol. The Morgan fingerprint density at radius 2 is 2.12 bits per heavy atom. The van der Waals surface area contributed by atoms with E-state index in [4.69, 9.17) is 10.00 Å². The molecule has 92 valence electrons. The molecule has 0 saturated heterocycles. The topological polar surface area (TPSA) is 36.3 Å². The molecule has 1 aromatic carbocycles. The number of nitriles is 1. The fraction of sp³-hybridized carbons (Fsp3) is 0.500. The summed E-state index contributed by atoms with van der Waals surface area (Å²) in [6.45, 7) is 5.54. The first-order chi connectivity index (χ1) is 8.08. The second-order valence-electron chi connectivity index (χ2n) is 4.56. The molecule has 0 aromatic heterocycles. The predicted octanol–water partition coefficient (Wildman–Crippen LogP) is 2.77. The zero-order valence-electron chi connectivity index (χ0n) is 11.0. The number of rotatable bonds is 5. The molecule has 0 unspecified atom stereocenters. The van der Waals surface area contributed by atoms with Gasteiger partial charge in [0.25, 0.3) is 0 Å². The van der Waals surface area contributed by atoms with E-state index >= 15 is 0 Å². The van der Waals surface area contributed by atoms with Crippen LogP contribution in [0.1, 0.15) is 30.9 Å². The number of ether oxygens (including phenoxy) is 1. The summed E-state index contributed by atoms with van der Waals surface area (Å²) in [4.78, 5) is 1.99. The summed E-state index contributed by atoms with van der Waals surface area (Å²) in [6.07, 6.45) is 0. The maximum Gasteiger partial charge on any atom is 0.122 e. The van der Waals surface area contributed by atoms with Crippen molar-refractivity contribution in [2.24, 2.45) is 0 Å². The third-order valence-corrected chi connectivity index (χ3v) is 2.71. The molecule has 0 aliphatic rings. The van der Waals surface area contributed by atoms with Gasteiger partial charge in [-0.05, 0) is 30.2 Å². The summed E-state index contributed by atoms with van der Waals surface area (Å²) in [7, 11) is 3.64. The average molecular weight is 232 g/mol. The van der Waals surface area contributed by atoms with Crippen molar-refractivity contribution in [1.29, 1.82) is 5.26 Å².